The standard InChI is InChI=1S/C15H16N4/c1-3-19(11-14-6-4-5-12(2)18-14)15-8-7-13(9-16)10-17-15/h4-8,10H,3,11H2,1-2H3. The van der Waals surface area contributed by atoms with Crippen molar-refractivity contribution >= 4 is 5.82 Å². The first-order chi connectivity index (χ1) is 9.22. The highest BCUT2D eigenvalue weighted by molar-refractivity contribution is 5.42. The number of pyridine rings is 2. The molecular weight excluding hydrogens is 236 g/mol. The Morgan fingerprint density at radius 3 is 2.68 bits per heavy atom. The Balaban J connectivity index is 2.18. The maximum absolute atomic E-state index is 8.78. The molecule has 0 N–H and O–H groups in total. The van der Waals surface area contributed by atoms with Crippen molar-refractivity contribution in [3.63, 3.8) is 0 Å². The molecule has 0 bridgehead atoms. The molecule has 2 aromatic heterocycles. The third-order valence-electron chi connectivity index (χ3n) is 2.88. The second-order valence-electron chi connectivity index (χ2n) is 4.30. The van der Waals surface area contributed by atoms with Gasteiger partial charge in [-0.25, -0.2) is 4.98 Å². The maximum atomic E-state index is 8.78. The number of anilines is 1. The van der Waals surface area contributed by atoms with Gasteiger partial charge in [0.05, 0.1) is 17.8 Å². The molecule has 4 heteroatoms. The van der Waals surface area contributed by atoms with E-state index < -0.39 is 0 Å². The monoisotopic (exact) mass is 252 g/mol. The van der Waals surface area contributed by atoms with E-state index in [2.05, 4.69) is 27.9 Å². The van der Waals surface area contributed by atoms with E-state index in [1.165, 1.54) is 0 Å². The molecule has 0 amide bonds. The second-order valence-corrected chi connectivity index (χ2v) is 4.30. The summed E-state index contributed by atoms with van der Waals surface area (Å²) in [4.78, 5) is 10.9. The average Bonchev–Trinajstić information content (AvgIpc) is 2.45. The predicted octanol–water partition coefficient (Wildman–Crippen LogP) is 2.68. The Bertz CT molecular complexity index is 584. The van der Waals surface area contributed by atoms with Crippen molar-refractivity contribution in [3.05, 3.63) is 53.5 Å². The highest BCUT2D eigenvalue weighted by Gasteiger charge is 2.07. The Labute approximate surface area is 113 Å². The molecule has 4 nitrogen and oxygen atoms in total. The van der Waals surface area contributed by atoms with Gasteiger partial charge >= 0.3 is 0 Å². The van der Waals surface area contributed by atoms with Crippen LogP contribution >= 0.6 is 0 Å². The molecule has 0 spiro atoms. The van der Waals surface area contributed by atoms with Gasteiger partial charge in [-0.3, -0.25) is 4.98 Å². The Kier molecular flexibility index (Phi) is 4.09. The lowest BCUT2D eigenvalue weighted by Gasteiger charge is -2.21. The fourth-order valence-electron chi connectivity index (χ4n) is 1.88. The molecule has 0 radical (unpaired) electrons. The van der Waals surface area contributed by atoms with Crippen molar-refractivity contribution in [3.8, 4) is 6.07 Å². The van der Waals surface area contributed by atoms with Crippen LogP contribution in [0.25, 0.3) is 0 Å². The van der Waals surface area contributed by atoms with Crippen LogP contribution < -0.4 is 4.90 Å². The minimum absolute atomic E-state index is 0.577. The van der Waals surface area contributed by atoms with Gasteiger partial charge in [0, 0.05) is 18.4 Å². The van der Waals surface area contributed by atoms with E-state index in [9.17, 15) is 0 Å². The van der Waals surface area contributed by atoms with Gasteiger partial charge in [0.15, 0.2) is 0 Å². The number of rotatable bonds is 4. The third kappa shape index (κ3) is 3.29. The molecule has 2 aromatic rings. The first-order valence-electron chi connectivity index (χ1n) is 6.26. The first-order valence-corrected chi connectivity index (χ1v) is 6.26. The smallest absolute Gasteiger partial charge is 0.128 e. The summed E-state index contributed by atoms with van der Waals surface area (Å²) in [6, 6.07) is 11.7. The van der Waals surface area contributed by atoms with Gasteiger partial charge in [-0.2, -0.15) is 5.26 Å². The van der Waals surface area contributed by atoms with Crippen LogP contribution in [0, 0.1) is 18.3 Å². The number of aromatic nitrogens is 2. The first kappa shape index (κ1) is 13.0. The molecule has 2 heterocycles. The maximum Gasteiger partial charge on any atom is 0.128 e. The molecule has 0 fully saturated rings. The number of nitriles is 1. The molecule has 0 aromatic carbocycles. The molecule has 0 atom stereocenters. The van der Waals surface area contributed by atoms with Crippen LogP contribution in [0.4, 0.5) is 5.82 Å². The number of hydrogen-bond acceptors (Lipinski definition) is 4. The summed E-state index contributed by atoms with van der Waals surface area (Å²) >= 11 is 0. The van der Waals surface area contributed by atoms with E-state index in [1.54, 1.807) is 12.3 Å². The summed E-state index contributed by atoms with van der Waals surface area (Å²) in [6.07, 6.45) is 1.60. The SMILES string of the molecule is CCN(Cc1cccc(C)n1)c1ccc(C#N)cn1. The van der Waals surface area contributed by atoms with E-state index in [-0.39, 0.29) is 0 Å². The van der Waals surface area contributed by atoms with Crippen LogP contribution in [-0.2, 0) is 6.54 Å². The number of nitrogens with zero attached hydrogens (tertiary/aromatic N) is 4. The molecule has 0 unspecified atom stereocenters. The van der Waals surface area contributed by atoms with Gasteiger partial charge in [0.2, 0.25) is 0 Å². The molecule has 0 saturated carbocycles. The zero-order chi connectivity index (χ0) is 13.7. The van der Waals surface area contributed by atoms with Gasteiger partial charge < -0.3 is 4.90 Å². The molecule has 96 valence electrons. The van der Waals surface area contributed by atoms with Crippen LogP contribution in [0.2, 0.25) is 0 Å². The summed E-state index contributed by atoms with van der Waals surface area (Å²) in [5.74, 6) is 0.866. The fourth-order valence-corrected chi connectivity index (χ4v) is 1.88. The van der Waals surface area contributed by atoms with E-state index in [4.69, 9.17) is 5.26 Å². The molecule has 0 aliphatic rings. The van der Waals surface area contributed by atoms with Gasteiger partial charge in [-0.1, -0.05) is 6.07 Å². The average molecular weight is 252 g/mol. The lowest BCUT2D eigenvalue weighted by Crippen LogP contribution is -2.23. The largest absolute Gasteiger partial charge is 0.351 e. The lowest BCUT2D eigenvalue weighted by molar-refractivity contribution is 0.790. The minimum atomic E-state index is 0.577. The molecule has 2 rings (SSSR count). The molecule has 0 aliphatic heterocycles. The van der Waals surface area contributed by atoms with Crippen LogP contribution in [-0.4, -0.2) is 16.5 Å². The van der Waals surface area contributed by atoms with Crippen molar-refractivity contribution in [2.75, 3.05) is 11.4 Å². The van der Waals surface area contributed by atoms with Gasteiger partial charge in [0.1, 0.15) is 11.9 Å². The van der Waals surface area contributed by atoms with Crippen molar-refractivity contribution in [1.29, 1.82) is 5.26 Å². The lowest BCUT2D eigenvalue weighted by atomic mass is 10.2. The van der Waals surface area contributed by atoms with E-state index in [0.717, 1.165) is 30.3 Å². The quantitative estimate of drug-likeness (QED) is 0.839. The van der Waals surface area contributed by atoms with Gasteiger partial charge in [-0.15, -0.1) is 0 Å². The summed E-state index contributed by atoms with van der Waals surface area (Å²) in [6.45, 7) is 5.63. The zero-order valence-electron chi connectivity index (χ0n) is 11.2. The van der Waals surface area contributed by atoms with E-state index in [0.29, 0.717) is 5.56 Å². The highest BCUT2D eigenvalue weighted by Crippen LogP contribution is 2.14. The van der Waals surface area contributed by atoms with Crippen LogP contribution in [0.1, 0.15) is 23.9 Å². The van der Waals surface area contributed by atoms with Crippen LogP contribution in [0.3, 0.4) is 0 Å². The number of hydrogen-bond donors (Lipinski definition) is 0. The topological polar surface area (TPSA) is 52.8 Å². The third-order valence-corrected chi connectivity index (χ3v) is 2.88. The Morgan fingerprint density at radius 1 is 1.26 bits per heavy atom. The van der Waals surface area contributed by atoms with Crippen LogP contribution in [0.5, 0.6) is 0 Å². The van der Waals surface area contributed by atoms with E-state index in [1.807, 2.05) is 31.2 Å². The normalized spacial score (nSPS) is 9.95. The second kappa shape index (κ2) is 5.96. The van der Waals surface area contributed by atoms with Gasteiger partial charge in [0.25, 0.3) is 0 Å². The van der Waals surface area contributed by atoms with Crippen molar-refractivity contribution in [2.24, 2.45) is 0 Å². The molecular formula is C15H16N4. The van der Waals surface area contributed by atoms with Crippen molar-refractivity contribution in [2.45, 2.75) is 20.4 Å². The summed E-state index contributed by atoms with van der Waals surface area (Å²) < 4.78 is 0. The predicted molar refractivity (Wildman–Crippen MR) is 74.7 cm³/mol. The highest BCUT2D eigenvalue weighted by atomic mass is 15.2. The van der Waals surface area contributed by atoms with Crippen molar-refractivity contribution in [1.82, 2.24) is 9.97 Å². The minimum Gasteiger partial charge on any atom is -0.351 e. The van der Waals surface area contributed by atoms with Crippen molar-refractivity contribution < 1.29 is 0 Å². The summed E-state index contributed by atoms with van der Waals surface area (Å²) in [7, 11) is 0. The zero-order valence-corrected chi connectivity index (χ0v) is 11.2. The van der Waals surface area contributed by atoms with Gasteiger partial charge in [-0.05, 0) is 38.1 Å². The summed E-state index contributed by atoms with van der Waals surface area (Å²) in [5, 5.41) is 8.78. The number of aryl methyl sites for hydroxylation is 1. The summed E-state index contributed by atoms with van der Waals surface area (Å²) in [5.41, 5.74) is 2.61. The van der Waals surface area contributed by atoms with Crippen LogP contribution in [0.15, 0.2) is 36.5 Å². The Hall–Kier alpha value is -2.41. The molecule has 0 saturated heterocycles. The Morgan fingerprint density at radius 2 is 2.11 bits per heavy atom. The molecule has 19 heavy (non-hydrogen) atoms. The molecule has 0 aliphatic carbocycles. The van der Waals surface area contributed by atoms with E-state index >= 15 is 0 Å². The fraction of sp³-hybridized carbons (Fsp3) is 0.267.